The Labute approximate surface area is 114 Å². The van der Waals surface area contributed by atoms with Crippen LogP contribution >= 0.6 is 0 Å². The van der Waals surface area contributed by atoms with Crippen LogP contribution in [-0.4, -0.2) is 30.3 Å². The molecule has 0 aliphatic carbocycles. The first-order valence-corrected chi connectivity index (χ1v) is 6.42. The standard InChI is InChI=1S/C15H21N2O2/c1-12(15(16)19)8-9-14(18)17(2)11-10-13-6-4-3-5-7-13/h3-7,9,12H,8,10-11H2,1-2H3,(H2,16,19)/t12-/m0/s1. The molecule has 0 saturated carbocycles. The lowest BCUT2D eigenvalue weighted by molar-refractivity contribution is -0.126. The van der Waals surface area contributed by atoms with Gasteiger partial charge in [-0.15, -0.1) is 0 Å². The minimum absolute atomic E-state index is 0.0657. The van der Waals surface area contributed by atoms with Crippen LogP contribution < -0.4 is 5.73 Å². The van der Waals surface area contributed by atoms with E-state index in [-0.39, 0.29) is 17.7 Å². The second-order valence-corrected chi connectivity index (χ2v) is 4.74. The van der Waals surface area contributed by atoms with E-state index in [2.05, 4.69) is 0 Å². The summed E-state index contributed by atoms with van der Waals surface area (Å²) in [5, 5.41) is 0. The average molecular weight is 261 g/mol. The highest BCUT2D eigenvalue weighted by Crippen LogP contribution is 2.06. The fourth-order valence-corrected chi connectivity index (χ4v) is 1.60. The van der Waals surface area contributed by atoms with Gasteiger partial charge in [-0.25, -0.2) is 0 Å². The third-order valence-corrected chi connectivity index (χ3v) is 3.09. The molecular formula is C15H21N2O2. The second-order valence-electron chi connectivity index (χ2n) is 4.74. The van der Waals surface area contributed by atoms with Crippen molar-refractivity contribution in [1.82, 2.24) is 4.90 Å². The van der Waals surface area contributed by atoms with Crippen LogP contribution in [0.3, 0.4) is 0 Å². The average Bonchev–Trinajstić information content (AvgIpc) is 2.42. The first-order chi connectivity index (χ1) is 9.00. The molecule has 2 N–H and O–H groups in total. The van der Waals surface area contributed by atoms with Gasteiger partial charge in [-0.1, -0.05) is 37.3 Å². The van der Waals surface area contributed by atoms with E-state index in [4.69, 9.17) is 5.73 Å². The summed E-state index contributed by atoms with van der Waals surface area (Å²) in [5.41, 5.74) is 6.35. The molecule has 103 valence electrons. The van der Waals surface area contributed by atoms with Crippen molar-refractivity contribution in [1.29, 1.82) is 0 Å². The van der Waals surface area contributed by atoms with Crippen LogP contribution in [0.5, 0.6) is 0 Å². The molecule has 1 atom stereocenters. The number of primary amides is 1. The Balaban J connectivity index is 2.31. The van der Waals surface area contributed by atoms with Crippen molar-refractivity contribution in [2.75, 3.05) is 13.6 Å². The molecule has 0 spiro atoms. The largest absolute Gasteiger partial charge is 0.369 e. The van der Waals surface area contributed by atoms with E-state index in [1.54, 1.807) is 18.9 Å². The first kappa shape index (κ1) is 15.2. The molecule has 19 heavy (non-hydrogen) atoms. The van der Waals surface area contributed by atoms with Crippen LogP contribution in [0.1, 0.15) is 18.9 Å². The number of benzene rings is 1. The van der Waals surface area contributed by atoms with E-state index in [0.29, 0.717) is 13.0 Å². The molecule has 1 rings (SSSR count). The van der Waals surface area contributed by atoms with Gasteiger partial charge in [0, 0.05) is 19.5 Å². The summed E-state index contributed by atoms with van der Waals surface area (Å²) in [6.07, 6.45) is 2.74. The molecule has 1 aromatic rings. The van der Waals surface area contributed by atoms with Gasteiger partial charge in [0.15, 0.2) is 0 Å². The molecule has 1 aromatic carbocycles. The second kappa shape index (κ2) is 7.56. The van der Waals surface area contributed by atoms with Gasteiger partial charge >= 0.3 is 0 Å². The van der Waals surface area contributed by atoms with E-state index >= 15 is 0 Å². The number of nitrogens with zero attached hydrogens (tertiary/aromatic N) is 1. The van der Waals surface area contributed by atoms with Gasteiger partial charge in [0.25, 0.3) is 0 Å². The van der Waals surface area contributed by atoms with E-state index in [9.17, 15) is 9.59 Å². The molecule has 4 nitrogen and oxygen atoms in total. The first-order valence-electron chi connectivity index (χ1n) is 6.42. The zero-order valence-corrected chi connectivity index (χ0v) is 11.5. The zero-order chi connectivity index (χ0) is 14.3. The molecule has 0 saturated heterocycles. The maximum atomic E-state index is 11.8. The lowest BCUT2D eigenvalue weighted by atomic mass is 10.0. The van der Waals surface area contributed by atoms with E-state index in [1.165, 1.54) is 12.0 Å². The number of hydrogen-bond acceptors (Lipinski definition) is 2. The van der Waals surface area contributed by atoms with Gasteiger partial charge in [0.05, 0.1) is 6.42 Å². The number of hydrogen-bond donors (Lipinski definition) is 1. The van der Waals surface area contributed by atoms with E-state index < -0.39 is 0 Å². The summed E-state index contributed by atoms with van der Waals surface area (Å²) in [7, 11) is 1.76. The Morgan fingerprint density at radius 2 is 1.95 bits per heavy atom. The van der Waals surface area contributed by atoms with Crippen molar-refractivity contribution in [2.24, 2.45) is 11.7 Å². The lowest BCUT2D eigenvalue weighted by Gasteiger charge is -2.17. The van der Waals surface area contributed by atoms with Crippen molar-refractivity contribution >= 4 is 11.8 Å². The molecule has 0 bridgehead atoms. The van der Waals surface area contributed by atoms with Crippen molar-refractivity contribution in [3.63, 3.8) is 0 Å². The fraction of sp³-hybridized carbons (Fsp3) is 0.400. The van der Waals surface area contributed by atoms with Crippen LogP contribution in [0.2, 0.25) is 0 Å². The minimum atomic E-state index is -0.379. The molecule has 0 fully saturated rings. The minimum Gasteiger partial charge on any atom is -0.369 e. The molecule has 2 amide bonds. The highest BCUT2D eigenvalue weighted by atomic mass is 16.2. The summed E-state index contributed by atoms with van der Waals surface area (Å²) in [4.78, 5) is 24.3. The smallest absolute Gasteiger partial charge is 0.226 e. The van der Waals surface area contributed by atoms with Crippen molar-refractivity contribution < 1.29 is 9.59 Å². The number of carbonyl (C=O) groups excluding carboxylic acids is 2. The van der Waals surface area contributed by atoms with Gasteiger partial charge in [-0.3, -0.25) is 9.59 Å². The summed E-state index contributed by atoms with van der Waals surface area (Å²) < 4.78 is 0. The summed E-state index contributed by atoms with van der Waals surface area (Å²) in [6, 6.07) is 10.0. The summed E-state index contributed by atoms with van der Waals surface area (Å²) in [5.74, 6) is -0.744. The Kier molecular flexibility index (Phi) is 6.06. The molecule has 0 aliphatic rings. The van der Waals surface area contributed by atoms with Crippen LogP contribution in [0.25, 0.3) is 0 Å². The predicted molar refractivity (Wildman–Crippen MR) is 75.1 cm³/mol. The number of rotatable bonds is 7. The van der Waals surface area contributed by atoms with Crippen LogP contribution in [0, 0.1) is 12.3 Å². The molecule has 0 unspecified atom stereocenters. The van der Waals surface area contributed by atoms with E-state index in [0.717, 1.165) is 6.42 Å². The predicted octanol–water partition coefficient (Wildman–Crippen LogP) is 1.40. The molecule has 1 radical (unpaired) electrons. The number of amides is 2. The van der Waals surface area contributed by atoms with Crippen LogP contribution in [-0.2, 0) is 16.0 Å². The Bertz CT molecular complexity index is 417. The van der Waals surface area contributed by atoms with Crippen molar-refractivity contribution in [2.45, 2.75) is 19.8 Å². The van der Waals surface area contributed by atoms with Gasteiger partial charge in [0.2, 0.25) is 11.8 Å². The third kappa shape index (κ3) is 5.55. The maximum absolute atomic E-state index is 11.8. The molecule has 4 heteroatoms. The quantitative estimate of drug-likeness (QED) is 0.806. The number of nitrogens with two attached hydrogens (primary N) is 1. The fourth-order valence-electron chi connectivity index (χ4n) is 1.60. The molecule has 0 aliphatic heterocycles. The summed E-state index contributed by atoms with van der Waals surface area (Å²) in [6.45, 7) is 2.38. The summed E-state index contributed by atoms with van der Waals surface area (Å²) >= 11 is 0. The number of carbonyl (C=O) groups is 2. The topological polar surface area (TPSA) is 63.4 Å². The SMILES string of the molecule is C[C@@H](C[CH]C(=O)N(C)CCc1ccccc1)C(N)=O. The number of likely N-dealkylation sites (N-methyl/N-ethyl adjacent to an activating group) is 1. The normalized spacial score (nSPS) is 11.9. The highest BCUT2D eigenvalue weighted by Gasteiger charge is 2.14. The Hall–Kier alpha value is -1.84. The van der Waals surface area contributed by atoms with Crippen LogP contribution in [0.15, 0.2) is 30.3 Å². The van der Waals surface area contributed by atoms with Gasteiger partial charge in [-0.2, -0.15) is 0 Å². The zero-order valence-electron chi connectivity index (χ0n) is 11.5. The van der Waals surface area contributed by atoms with Crippen molar-refractivity contribution in [3.05, 3.63) is 42.3 Å². The van der Waals surface area contributed by atoms with Gasteiger partial charge in [0.1, 0.15) is 0 Å². The van der Waals surface area contributed by atoms with Gasteiger partial charge in [-0.05, 0) is 18.4 Å². The third-order valence-electron chi connectivity index (χ3n) is 3.09. The lowest BCUT2D eigenvalue weighted by Crippen LogP contribution is -2.30. The molecule has 0 heterocycles. The Morgan fingerprint density at radius 1 is 1.32 bits per heavy atom. The van der Waals surface area contributed by atoms with Crippen molar-refractivity contribution in [3.8, 4) is 0 Å². The molecular weight excluding hydrogens is 240 g/mol. The Morgan fingerprint density at radius 3 is 2.53 bits per heavy atom. The highest BCUT2D eigenvalue weighted by molar-refractivity contribution is 5.85. The maximum Gasteiger partial charge on any atom is 0.226 e. The monoisotopic (exact) mass is 261 g/mol. The van der Waals surface area contributed by atoms with E-state index in [1.807, 2.05) is 30.3 Å². The van der Waals surface area contributed by atoms with Gasteiger partial charge < -0.3 is 10.6 Å². The van der Waals surface area contributed by atoms with Crippen LogP contribution in [0.4, 0.5) is 0 Å². The molecule has 0 aromatic heterocycles.